The van der Waals surface area contributed by atoms with Crippen molar-refractivity contribution in [2.24, 2.45) is 0 Å². The molecule has 0 aromatic heterocycles. The zero-order valence-corrected chi connectivity index (χ0v) is 16.1. The molecule has 0 aliphatic carbocycles. The van der Waals surface area contributed by atoms with Crippen LogP contribution >= 0.6 is 0 Å². The molecule has 2 N–H and O–H groups in total. The maximum Gasteiger partial charge on any atom is 0.341 e. The lowest BCUT2D eigenvalue weighted by molar-refractivity contribution is -0.154. The fourth-order valence-electron chi connectivity index (χ4n) is 1.31. The molecular weight excluding hydrogens is 356 g/mol. The van der Waals surface area contributed by atoms with Crippen LogP contribution in [-0.4, -0.2) is 61.2 Å². The molecule has 0 atom stereocenters. The summed E-state index contributed by atoms with van der Waals surface area (Å²) in [6.45, 7) is 14.3. The van der Waals surface area contributed by atoms with Crippen molar-refractivity contribution in [1.29, 1.82) is 0 Å². The van der Waals surface area contributed by atoms with Gasteiger partial charge in [0.25, 0.3) is 0 Å². The summed E-state index contributed by atoms with van der Waals surface area (Å²) < 4.78 is 14.1. The summed E-state index contributed by atoms with van der Waals surface area (Å²) in [6.07, 6.45) is 1.55. The van der Waals surface area contributed by atoms with Crippen LogP contribution in [0.5, 0.6) is 0 Å². The number of aliphatic hydroxyl groups is 2. The first-order chi connectivity index (χ1) is 12.7. The van der Waals surface area contributed by atoms with Gasteiger partial charge in [-0.1, -0.05) is 19.7 Å². The second-order valence-electron chi connectivity index (χ2n) is 5.49. The van der Waals surface area contributed by atoms with Crippen molar-refractivity contribution in [1.82, 2.24) is 0 Å². The summed E-state index contributed by atoms with van der Waals surface area (Å²) in [5, 5.41) is 16.2. The maximum atomic E-state index is 11.4. The van der Waals surface area contributed by atoms with Crippen molar-refractivity contribution in [3.05, 3.63) is 36.5 Å². The number of aliphatic hydroxyl groups excluding tert-OH is 2. The molecule has 8 heteroatoms. The fraction of sp³-hybridized carbons (Fsp3) is 0.526. The largest absolute Gasteiger partial charge is 0.462 e. The van der Waals surface area contributed by atoms with Crippen LogP contribution in [-0.2, 0) is 28.6 Å². The van der Waals surface area contributed by atoms with Gasteiger partial charge in [-0.25, -0.2) is 14.4 Å². The third-order valence-electron chi connectivity index (χ3n) is 2.75. The Hall–Kier alpha value is -2.29. The molecule has 0 fully saturated rings. The molecule has 0 heterocycles. The lowest BCUT2D eigenvalue weighted by Crippen LogP contribution is -2.14. The van der Waals surface area contributed by atoms with Crippen LogP contribution in [0.3, 0.4) is 0 Å². The molecule has 154 valence electrons. The average Bonchev–Trinajstić information content (AvgIpc) is 2.61. The summed E-state index contributed by atoms with van der Waals surface area (Å²) in [5.74, 6) is -1.95. The number of hydrogen-bond acceptors (Lipinski definition) is 8. The first kappa shape index (κ1) is 26.9. The predicted octanol–water partition coefficient (Wildman–Crippen LogP) is 1.47. The summed E-state index contributed by atoms with van der Waals surface area (Å²) >= 11 is 0. The third-order valence-corrected chi connectivity index (χ3v) is 2.75. The third kappa shape index (κ3) is 16.9. The Bertz CT molecular complexity index is 518. The molecule has 0 aliphatic heterocycles. The minimum absolute atomic E-state index is 0.0278. The lowest BCUT2D eigenvalue weighted by atomic mass is 10.1. The van der Waals surface area contributed by atoms with E-state index in [0.29, 0.717) is 38.0 Å². The van der Waals surface area contributed by atoms with E-state index in [2.05, 4.69) is 29.2 Å². The van der Waals surface area contributed by atoms with Gasteiger partial charge < -0.3 is 24.4 Å². The van der Waals surface area contributed by atoms with E-state index >= 15 is 0 Å². The first-order valence-corrected chi connectivity index (χ1v) is 8.39. The highest BCUT2D eigenvalue weighted by Gasteiger charge is 2.14. The lowest BCUT2D eigenvalue weighted by Gasteiger charge is -2.06. The van der Waals surface area contributed by atoms with Gasteiger partial charge in [0, 0.05) is 16.7 Å². The number of rotatable bonds is 12. The molecule has 27 heavy (non-hydrogen) atoms. The maximum absolute atomic E-state index is 11.4. The number of esters is 3. The Balaban J connectivity index is 0. The van der Waals surface area contributed by atoms with Crippen molar-refractivity contribution in [3.63, 3.8) is 0 Å². The molecule has 0 saturated carbocycles. The first-order valence-electron chi connectivity index (χ1n) is 8.39. The minimum atomic E-state index is -0.758. The van der Waals surface area contributed by atoms with Gasteiger partial charge in [0.1, 0.15) is 0 Å². The van der Waals surface area contributed by atoms with Gasteiger partial charge in [-0.2, -0.15) is 0 Å². The van der Waals surface area contributed by atoms with E-state index in [1.807, 2.05) is 0 Å². The number of carbonyl (C=O) groups is 3. The van der Waals surface area contributed by atoms with Gasteiger partial charge >= 0.3 is 17.9 Å². The molecule has 0 bridgehead atoms. The van der Waals surface area contributed by atoms with Crippen LogP contribution in [0, 0.1) is 0 Å². The van der Waals surface area contributed by atoms with Gasteiger partial charge in [0.05, 0.1) is 33.0 Å². The predicted molar refractivity (Wildman–Crippen MR) is 99.7 cm³/mol. The van der Waals surface area contributed by atoms with Crippen LogP contribution in [0.25, 0.3) is 0 Å². The Morgan fingerprint density at radius 2 is 1.30 bits per heavy atom. The second kappa shape index (κ2) is 17.1. The highest BCUT2D eigenvalue weighted by molar-refractivity contribution is 6.00. The van der Waals surface area contributed by atoms with Gasteiger partial charge in [-0.05, 0) is 33.1 Å². The molecule has 0 spiro atoms. The van der Waals surface area contributed by atoms with Crippen molar-refractivity contribution in [3.8, 4) is 0 Å². The number of hydrogen-bond donors (Lipinski definition) is 2. The minimum Gasteiger partial charge on any atom is -0.462 e. The van der Waals surface area contributed by atoms with Crippen molar-refractivity contribution in [2.75, 3.05) is 33.0 Å². The van der Waals surface area contributed by atoms with Crippen LogP contribution in [0.1, 0.15) is 33.1 Å². The van der Waals surface area contributed by atoms with E-state index in [1.54, 1.807) is 6.92 Å². The van der Waals surface area contributed by atoms with Crippen molar-refractivity contribution < 1.29 is 38.8 Å². The topological polar surface area (TPSA) is 119 Å². The highest BCUT2D eigenvalue weighted by Crippen LogP contribution is 2.09. The summed E-state index contributed by atoms with van der Waals surface area (Å²) in [5.41, 5.74) is 0.694. The van der Waals surface area contributed by atoms with E-state index in [0.717, 1.165) is 0 Å². The molecule has 0 radical (unpaired) electrons. The molecule has 0 amide bonds. The van der Waals surface area contributed by atoms with Gasteiger partial charge in [0.15, 0.2) is 0 Å². The molecule has 0 unspecified atom stereocenters. The Kier molecular flexibility index (Phi) is 17.1. The molecule has 0 rings (SSSR count). The van der Waals surface area contributed by atoms with Crippen LogP contribution in [0.15, 0.2) is 36.5 Å². The summed E-state index contributed by atoms with van der Waals surface area (Å²) in [7, 11) is 0. The van der Waals surface area contributed by atoms with Gasteiger partial charge in [-0.15, -0.1) is 0 Å². The fourth-order valence-corrected chi connectivity index (χ4v) is 1.31. The monoisotopic (exact) mass is 386 g/mol. The van der Waals surface area contributed by atoms with Crippen LogP contribution in [0.4, 0.5) is 0 Å². The van der Waals surface area contributed by atoms with Crippen LogP contribution < -0.4 is 0 Å². The van der Waals surface area contributed by atoms with E-state index in [9.17, 15) is 14.4 Å². The van der Waals surface area contributed by atoms with Gasteiger partial charge in [-0.3, -0.25) is 0 Å². The van der Waals surface area contributed by atoms with Crippen molar-refractivity contribution >= 4 is 17.9 Å². The molecule has 8 nitrogen and oxygen atoms in total. The zero-order chi connectivity index (χ0) is 21.2. The number of carbonyl (C=O) groups excluding carboxylic acids is 3. The normalized spacial score (nSPS) is 9.48. The Labute approximate surface area is 160 Å². The molecule has 0 saturated heterocycles. The number of unbranched alkanes of at least 4 members (excludes halogenated alkanes) is 1. The highest BCUT2D eigenvalue weighted by atomic mass is 16.6. The molecule has 0 aromatic rings. The standard InChI is InChI=1S/C15H20O5.C4H10O3/c1-10(2)13(16)19-9-7-6-8-12(5)15(18)20-14(17)11(3)4;5-1-3-7-4-2-6/h1,3,5-9H2,2,4H3;5-6H,1-4H2. The van der Waals surface area contributed by atoms with E-state index in [1.165, 1.54) is 6.92 Å². The average molecular weight is 386 g/mol. The molecule has 0 aliphatic rings. The number of ether oxygens (including phenoxy) is 3. The molecule has 0 aromatic carbocycles. The summed E-state index contributed by atoms with van der Waals surface area (Å²) in [6, 6.07) is 0. The zero-order valence-electron chi connectivity index (χ0n) is 16.1. The van der Waals surface area contributed by atoms with Gasteiger partial charge in [0.2, 0.25) is 0 Å². The summed E-state index contributed by atoms with van der Waals surface area (Å²) in [4.78, 5) is 33.6. The van der Waals surface area contributed by atoms with Crippen molar-refractivity contribution in [2.45, 2.75) is 33.1 Å². The second-order valence-corrected chi connectivity index (χ2v) is 5.49. The van der Waals surface area contributed by atoms with E-state index < -0.39 is 17.9 Å². The molecular formula is C19H30O8. The smallest absolute Gasteiger partial charge is 0.341 e. The van der Waals surface area contributed by atoms with Crippen LogP contribution in [0.2, 0.25) is 0 Å². The van der Waals surface area contributed by atoms with E-state index in [-0.39, 0.29) is 31.0 Å². The Morgan fingerprint density at radius 3 is 1.74 bits per heavy atom. The SMILES string of the molecule is C=C(C)C(=O)OCCCCC(=C)C(=O)OC(=O)C(=C)C.OCCOCCO. The quantitative estimate of drug-likeness (QED) is 0.224. The van der Waals surface area contributed by atoms with E-state index in [4.69, 9.17) is 14.9 Å². The Morgan fingerprint density at radius 1 is 0.778 bits per heavy atom.